The first-order valence-electron chi connectivity index (χ1n) is 7.16. The smallest absolute Gasteiger partial charge is 0.0242 e. The summed E-state index contributed by atoms with van der Waals surface area (Å²) in [6, 6.07) is 8.83. The maximum atomic E-state index is 3.43. The molecule has 0 amide bonds. The summed E-state index contributed by atoms with van der Waals surface area (Å²) in [5.74, 6) is 0. The van der Waals surface area contributed by atoms with Crippen molar-refractivity contribution >= 4 is 0 Å². The minimum Gasteiger partial charge on any atom is -0.313 e. The van der Waals surface area contributed by atoms with Gasteiger partial charge in [-0.05, 0) is 50.9 Å². The predicted molar refractivity (Wildman–Crippen MR) is 77.5 cm³/mol. The van der Waals surface area contributed by atoms with Gasteiger partial charge in [-0.1, -0.05) is 31.2 Å². The molecule has 100 valence electrons. The lowest BCUT2D eigenvalue weighted by atomic mass is 10.0. The molecular formula is C16H26N2. The Labute approximate surface area is 111 Å². The van der Waals surface area contributed by atoms with Crippen LogP contribution in [0.5, 0.6) is 0 Å². The van der Waals surface area contributed by atoms with Crippen molar-refractivity contribution in [3.05, 3.63) is 35.4 Å². The average molecular weight is 246 g/mol. The molecule has 1 fully saturated rings. The highest BCUT2D eigenvalue weighted by Gasteiger charge is 2.31. The number of nitrogens with one attached hydrogen (secondary N) is 1. The van der Waals surface area contributed by atoms with Crippen molar-refractivity contribution in [1.82, 2.24) is 10.2 Å². The van der Waals surface area contributed by atoms with E-state index in [9.17, 15) is 0 Å². The molecule has 18 heavy (non-hydrogen) atoms. The van der Waals surface area contributed by atoms with E-state index < -0.39 is 0 Å². The number of hydrogen-bond acceptors (Lipinski definition) is 2. The standard InChI is InChI=1S/C16H26N2/c1-4-17-12-14-8-5-6-9-15(14)13-18-11-7-10-16(18,2)3/h5-6,8-9,17H,4,7,10-13H2,1-3H3. The lowest BCUT2D eigenvalue weighted by molar-refractivity contribution is 0.166. The van der Waals surface area contributed by atoms with Gasteiger partial charge < -0.3 is 5.32 Å². The predicted octanol–water partition coefficient (Wildman–Crippen LogP) is 3.17. The summed E-state index contributed by atoms with van der Waals surface area (Å²) in [5.41, 5.74) is 3.29. The van der Waals surface area contributed by atoms with Crippen LogP contribution in [0.25, 0.3) is 0 Å². The Morgan fingerprint density at radius 3 is 2.56 bits per heavy atom. The van der Waals surface area contributed by atoms with Gasteiger partial charge in [0.15, 0.2) is 0 Å². The molecule has 0 aromatic heterocycles. The number of hydrogen-bond donors (Lipinski definition) is 1. The first-order valence-corrected chi connectivity index (χ1v) is 7.16. The van der Waals surface area contributed by atoms with Crippen molar-refractivity contribution in [2.45, 2.75) is 52.2 Å². The monoisotopic (exact) mass is 246 g/mol. The fourth-order valence-corrected chi connectivity index (χ4v) is 2.81. The molecule has 1 aromatic carbocycles. The molecule has 1 heterocycles. The number of benzene rings is 1. The van der Waals surface area contributed by atoms with Gasteiger partial charge in [-0.25, -0.2) is 0 Å². The molecule has 1 saturated heterocycles. The molecular weight excluding hydrogens is 220 g/mol. The Hall–Kier alpha value is -0.860. The van der Waals surface area contributed by atoms with Crippen LogP contribution in [0, 0.1) is 0 Å². The average Bonchev–Trinajstić information content (AvgIpc) is 2.68. The summed E-state index contributed by atoms with van der Waals surface area (Å²) in [4.78, 5) is 2.62. The third-order valence-electron chi connectivity index (χ3n) is 4.12. The quantitative estimate of drug-likeness (QED) is 0.858. The van der Waals surface area contributed by atoms with Gasteiger partial charge in [0.25, 0.3) is 0 Å². The van der Waals surface area contributed by atoms with E-state index in [4.69, 9.17) is 0 Å². The third-order valence-corrected chi connectivity index (χ3v) is 4.12. The van der Waals surface area contributed by atoms with Crippen molar-refractivity contribution in [1.29, 1.82) is 0 Å². The molecule has 0 atom stereocenters. The number of nitrogens with zero attached hydrogens (tertiary/aromatic N) is 1. The molecule has 0 bridgehead atoms. The summed E-state index contributed by atoms with van der Waals surface area (Å²) in [6.45, 7) is 11.2. The lowest BCUT2D eigenvalue weighted by Crippen LogP contribution is -2.37. The van der Waals surface area contributed by atoms with Gasteiger partial charge in [0, 0.05) is 18.6 Å². The summed E-state index contributed by atoms with van der Waals surface area (Å²) in [5, 5.41) is 3.43. The van der Waals surface area contributed by atoms with Gasteiger partial charge in [0.05, 0.1) is 0 Å². The minimum absolute atomic E-state index is 0.366. The first-order chi connectivity index (χ1) is 8.63. The fourth-order valence-electron chi connectivity index (χ4n) is 2.81. The molecule has 1 N–H and O–H groups in total. The molecule has 1 aromatic rings. The lowest BCUT2D eigenvalue weighted by Gasteiger charge is -2.32. The minimum atomic E-state index is 0.366. The number of rotatable bonds is 5. The SMILES string of the molecule is CCNCc1ccccc1CN1CCCC1(C)C. The van der Waals surface area contributed by atoms with E-state index in [1.54, 1.807) is 0 Å². The van der Waals surface area contributed by atoms with Crippen LogP contribution in [0.2, 0.25) is 0 Å². The molecule has 0 radical (unpaired) electrons. The Balaban J connectivity index is 2.08. The second-order valence-electron chi connectivity index (χ2n) is 5.89. The van der Waals surface area contributed by atoms with E-state index >= 15 is 0 Å². The van der Waals surface area contributed by atoms with Gasteiger partial charge in [-0.3, -0.25) is 4.90 Å². The van der Waals surface area contributed by atoms with Crippen molar-refractivity contribution < 1.29 is 0 Å². The van der Waals surface area contributed by atoms with Crippen LogP contribution >= 0.6 is 0 Å². The van der Waals surface area contributed by atoms with Crippen LogP contribution in [0.4, 0.5) is 0 Å². The number of likely N-dealkylation sites (tertiary alicyclic amines) is 1. The first kappa shape index (κ1) is 13.6. The van der Waals surface area contributed by atoms with Crippen LogP contribution in [-0.2, 0) is 13.1 Å². The molecule has 0 aliphatic carbocycles. The molecule has 0 saturated carbocycles. The second kappa shape index (κ2) is 5.85. The molecule has 0 unspecified atom stereocenters. The van der Waals surface area contributed by atoms with E-state index in [-0.39, 0.29) is 0 Å². The zero-order chi connectivity index (χ0) is 13.0. The molecule has 1 aliphatic rings. The normalized spacial score (nSPS) is 19.3. The van der Waals surface area contributed by atoms with Gasteiger partial charge in [-0.15, -0.1) is 0 Å². The van der Waals surface area contributed by atoms with Crippen molar-refractivity contribution in [2.24, 2.45) is 0 Å². The highest BCUT2D eigenvalue weighted by Crippen LogP contribution is 2.30. The van der Waals surface area contributed by atoms with E-state index in [1.807, 2.05) is 0 Å². The van der Waals surface area contributed by atoms with Crippen LogP contribution in [0.3, 0.4) is 0 Å². The van der Waals surface area contributed by atoms with Gasteiger partial charge in [0.1, 0.15) is 0 Å². The second-order valence-corrected chi connectivity index (χ2v) is 5.89. The van der Waals surface area contributed by atoms with Crippen LogP contribution in [0.1, 0.15) is 44.7 Å². The molecule has 1 aliphatic heterocycles. The van der Waals surface area contributed by atoms with Crippen LogP contribution < -0.4 is 5.32 Å². The van der Waals surface area contributed by atoms with E-state index in [0.29, 0.717) is 5.54 Å². The zero-order valence-corrected chi connectivity index (χ0v) is 12.0. The van der Waals surface area contributed by atoms with E-state index in [2.05, 4.69) is 55.3 Å². The summed E-state index contributed by atoms with van der Waals surface area (Å²) >= 11 is 0. The molecule has 0 spiro atoms. The fraction of sp³-hybridized carbons (Fsp3) is 0.625. The van der Waals surface area contributed by atoms with E-state index in [0.717, 1.165) is 19.6 Å². The zero-order valence-electron chi connectivity index (χ0n) is 12.0. The maximum absolute atomic E-state index is 3.43. The van der Waals surface area contributed by atoms with Gasteiger partial charge in [0.2, 0.25) is 0 Å². The Kier molecular flexibility index (Phi) is 4.41. The third kappa shape index (κ3) is 3.12. The Morgan fingerprint density at radius 2 is 1.94 bits per heavy atom. The highest BCUT2D eigenvalue weighted by atomic mass is 15.2. The Morgan fingerprint density at radius 1 is 1.22 bits per heavy atom. The topological polar surface area (TPSA) is 15.3 Å². The maximum Gasteiger partial charge on any atom is 0.0242 e. The van der Waals surface area contributed by atoms with Crippen molar-refractivity contribution in [2.75, 3.05) is 13.1 Å². The summed E-state index contributed by atoms with van der Waals surface area (Å²) < 4.78 is 0. The van der Waals surface area contributed by atoms with Crippen molar-refractivity contribution in [3.63, 3.8) is 0 Å². The van der Waals surface area contributed by atoms with E-state index in [1.165, 1.54) is 30.5 Å². The van der Waals surface area contributed by atoms with Gasteiger partial charge in [-0.2, -0.15) is 0 Å². The van der Waals surface area contributed by atoms with Gasteiger partial charge >= 0.3 is 0 Å². The largest absolute Gasteiger partial charge is 0.313 e. The Bertz CT molecular complexity index is 384. The molecule has 2 rings (SSSR count). The highest BCUT2D eigenvalue weighted by molar-refractivity contribution is 5.27. The van der Waals surface area contributed by atoms with Crippen molar-refractivity contribution in [3.8, 4) is 0 Å². The summed E-state index contributed by atoms with van der Waals surface area (Å²) in [6.07, 6.45) is 2.66. The summed E-state index contributed by atoms with van der Waals surface area (Å²) in [7, 11) is 0. The molecule has 2 heteroatoms. The van der Waals surface area contributed by atoms with Crippen LogP contribution in [-0.4, -0.2) is 23.5 Å². The molecule has 2 nitrogen and oxygen atoms in total. The van der Waals surface area contributed by atoms with Crippen LogP contribution in [0.15, 0.2) is 24.3 Å².